The van der Waals surface area contributed by atoms with E-state index in [2.05, 4.69) is 10.5 Å². The summed E-state index contributed by atoms with van der Waals surface area (Å²) in [5.41, 5.74) is 4.17. The molecule has 7 nitrogen and oxygen atoms in total. The van der Waals surface area contributed by atoms with Crippen molar-refractivity contribution in [2.24, 2.45) is 0 Å². The molecule has 0 amide bonds. The molecule has 1 aromatic heterocycles. The lowest BCUT2D eigenvalue weighted by Crippen LogP contribution is -2.31. The van der Waals surface area contributed by atoms with Gasteiger partial charge in [-0.2, -0.15) is 0 Å². The van der Waals surface area contributed by atoms with Crippen molar-refractivity contribution in [3.63, 3.8) is 0 Å². The van der Waals surface area contributed by atoms with Crippen molar-refractivity contribution in [3.8, 4) is 5.75 Å². The van der Waals surface area contributed by atoms with Crippen molar-refractivity contribution in [1.29, 1.82) is 0 Å². The van der Waals surface area contributed by atoms with Crippen LogP contribution >= 0.6 is 0 Å². The predicted molar refractivity (Wildman–Crippen MR) is 125 cm³/mol. The van der Waals surface area contributed by atoms with Gasteiger partial charge in [0.2, 0.25) is 5.76 Å². The number of aromatic nitrogens is 1. The molecular weight excluding hydrogens is 418 g/mol. The largest absolute Gasteiger partial charge is 0.497 e. The summed E-state index contributed by atoms with van der Waals surface area (Å²) in [6.07, 6.45) is 0. The van der Waals surface area contributed by atoms with Crippen LogP contribution in [0.5, 0.6) is 5.75 Å². The summed E-state index contributed by atoms with van der Waals surface area (Å²) in [6, 6.07) is 25.6. The number of anilines is 1. The van der Waals surface area contributed by atoms with E-state index in [1.807, 2.05) is 78.9 Å². The van der Waals surface area contributed by atoms with Crippen molar-refractivity contribution in [3.05, 3.63) is 117 Å². The van der Waals surface area contributed by atoms with Crippen LogP contribution in [-0.2, 0) is 0 Å². The third kappa shape index (κ3) is 3.61. The van der Waals surface area contributed by atoms with E-state index in [1.54, 1.807) is 14.0 Å². The topological polar surface area (TPSA) is 90.4 Å². The molecule has 0 unspecified atom stereocenters. The molecule has 2 heterocycles. The maximum absolute atomic E-state index is 12.0. The molecule has 0 aliphatic carbocycles. The van der Waals surface area contributed by atoms with Gasteiger partial charge in [-0.05, 0) is 41.8 Å². The van der Waals surface area contributed by atoms with E-state index in [1.165, 1.54) is 0 Å². The van der Waals surface area contributed by atoms with Gasteiger partial charge in [0.15, 0.2) is 5.69 Å². The first-order valence-electron chi connectivity index (χ1n) is 10.7. The van der Waals surface area contributed by atoms with E-state index in [0.717, 1.165) is 28.1 Å². The summed E-state index contributed by atoms with van der Waals surface area (Å²) in [5.74, 6) is 0.336. The van der Waals surface area contributed by atoms with Gasteiger partial charge in [-0.15, -0.1) is 0 Å². The standard InChI is InChI=1S/C26H23N3O4/c1-16-25(29(30)31)26(33-28-16)23-22(17-9-5-3-6-10-17)20-15-19(32-2)13-14-21(20)27-24(23)18-11-7-4-8-12-18/h3-15,22-24,27H,1-2H3/t22-,23+,24+/m1/s1. The SMILES string of the molecule is COc1ccc2c(c1)[C@@H](c1ccccc1)[C@H](c1onc(C)c1[N+](=O)[O-])[C@H](c1ccccc1)N2. The zero-order valence-corrected chi connectivity index (χ0v) is 18.3. The summed E-state index contributed by atoms with van der Waals surface area (Å²) >= 11 is 0. The van der Waals surface area contributed by atoms with Crippen molar-refractivity contribution in [2.45, 2.75) is 24.8 Å². The number of fused-ring (bicyclic) bond motifs is 1. The second kappa shape index (κ2) is 8.43. The fourth-order valence-electron chi connectivity index (χ4n) is 4.82. The Labute approximate surface area is 191 Å². The highest BCUT2D eigenvalue weighted by Crippen LogP contribution is 2.55. The Morgan fingerprint density at radius 2 is 1.67 bits per heavy atom. The first-order valence-corrected chi connectivity index (χ1v) is 10.7. The van der Waals surface area contributed by atoms with Gasteiger partial charge in [-0.3, -0.25) is 10.1 Å². The van der Waals surface area contributed by atoms with Gasteiger partial charge >= 0.3 is 5.69 Å². The van der Waals surface area contributed by atoms with Crippen LogP contribution in [-0.4, -0.2) is 17.2 Å². The Balaban J connectivity index is 1.81. The molecule has 1 N–H and O–H groups in total. The molecule has 7 heteroatoms. The van der Waals surface area contributed by atoms with Crippen molar-refractivity contribution >= 4 is 11.4 Å². The lowest BCUT2D eigenvalue weighted by molar-refractivity contribution is -0.386. The first kappa shape index (κ1) is 20.8. The van der Waals surface area contributed by atoms with E-state index < -0.39 is 10.8 Å². The second-order valence-electron chi connectivity index (χ2n) is 8.14. The molecular formula is C26H23N3O4. The molecule has 3 aromatic carbocycles. The van der Waals surface area contributed by atoms with Gasteiger partial charge in [0, 0.05) is 11.6 Å². The highest BCUT2D eigenvalue weighted by atomic mass is 16.6. The molecule has 0 spiro atoms. The molecule has 166 valence electrons. The molecule has 1 aliphatic heterocycles. The van der Waals surface area contributed by atoms with Gasteiger partial charge in [-0.1, -0.05) is 65.8 Å². The van der Waals surface area contributed by atoms with E-state index in [9.17, 15) is 10.1 Å². The van der Waals surface area contributed by atoms with Crippen LogP contribution in [0.1, 0.15) is 46.0 Å². The van der Waals surface area contributed by atoms with E-state index in [4.69, 9.17) is 9.26 Å². The maximum Gasteiger partial charge on any atom is 0.334 e. The fraction of sp³-hybridized carbons (Fsp3) is 0.192. The number of hydrogen-bond acceptors (Lipinski definition) is 6. The van der Waals surface area contributed by atoms with Crippen LogP contribution in [0.2, 0.25) is 0 Å². The number of nitrogens with zero attached hydrogens (tertiary/aromatic N) is 2. The molecule has 0 saturated carbocycles. The fourth-order valence-corrected chi connectivity index (χ4v) is 4.82. The number of rotatable bonds is 5. The minimum atomic E-state index is -0.420. The molecule has 0 saturated heterocycles. The van der Waals surface area contributed by atoms with E-state index in [-0.39, 0.29) is 29.1 Å². The number of ether oxygens (including phenoxy) is 1. The highest BCUT2D eigenvalue weighted by Gasteiger charge is 2.46. The number of methoxy groups -OCH3 is 1. The number of nitrogens with one attached hydrogen (secondary N) is 1. The Morgan fingerprint density at radius 1 is 1.00 bits per heavy atom. The molecule has 4 aromatic rings. The van der Waals surface area contributed by atoms with Crippen molar-refractivity contribution < 1.29 is 14.2 Å². The number of benzene rings is 3. The van der Waals surface area contributed by atoms with Crippen LogP contribution in [0, 0.1) is 17.0 Å². The summed E-state index contributed by atoms with van der Waals surface area (Å²) in [4.78, 5) is 11.6. The molecule has 0 fully saturated rings. The predicted octanol–water partition coefficient (Wildman–Crippen LogP) is 5.98. The van der Waals surface area contributed by atoms with Gasteiger partial charge in [0.05, 0.1) is 24.0 Å². The van der Waals surface area contributed by atoms with Gasteiger partial charge in [0.25, 0.3) is 0 Å². The maximum atomic E-state index is 12.0. The zero-order chi connectivity index (χ0) is 22.9. The quantitative estimate of drug-likeness (QED) is 0.303. The highest BCUT2D eigenvalue weighted by molar-refractivity contribution is 5.64. The average molecular weight is 441 g/mol. The molecule has 5 rings (SSSR count). The Kier molecular flexibility index (Phi) is 5.30. The van der Waals surface area contributed by atoms with Crippen molar-refractivity contribution in [2.75, 3.05) is 12.4 Å². The molecule has 0 bridgehead atoms. The van der Waals surface area contributed by atoms with Gasteiger partial charge in [0.1, 0.15) is 5.75 Å². The minimum absolute atomic E-state index is 0.0741. The molecule has 0 radical (unpaired) electrons. The first-order chi connectivity index (χ1) is 16.1. The Hall–Kier alpha value is -4.13. The summed E-state index contributed by atoms with van der Waals surface area (Å²) < 4.78 is 11.2. The molecule has 1 aliphatic rings. The van der Waals surface area contributed by atoms with Crippen molar-refractivity contribution in [1.82, 2.24) is 5.16 Å². The Bertz CT molecular complexity index is 1290. The smallest absolute Gasteiger partial charge is 0.334 e. The van der Waals surface area contributed by atoms with Gasteiger partial charge in [-0.25, -0.2) is 0 Å². The van der Waals surface area contributed by atoms with Crippen LogP contribution in [0.25, 0.3) is 0 Å². The number of nitro groups is 1. The molecule has 3 atom stereocenters. The van der Waals surface area contributed by atoms with E-state index >= 15 is 0 Å². The minimum Gasteiger partial charge on any atom is -0.497 e. The number of hydrogen-bond donors (Lipinski definition) is 1. The average Bonchev–Trinajstić information content (AvgIpc) is 3.24. The third-order valence-electron chi connectivity index (χ3n) is 6.28. The summed E-state index contributed by atoms with van der Waals surface area (Å²) in [6.45, 7) is 1.60. The van der Waals surface area contributed by atoms with E-state index in [0.29, 0.717) is 0 Å². The van der Waals surface area contributed by atoms with Crippen LogP contribution < -0.4 is 10.1 Å². The third-order valence-corrected chi connectivity index (χ3v) is 6.28. The number of aryl methyl sites for hydroxylation is 1. The monoisotopic (exact) mass is 441 g/mol. The molecule has 33 heavy (non-hydrogen) atoms. The van der Waals surface area contributed by atoms with Gasteiger partial charge < -0.3 is 14.6 Å². The van der Waals surface area contributed by atoms with Crippen LogP contribution in [0.4, 0.5) is 11.4 Å². The second-order valence-corrected chi connectivity index (χ2v) is 8.14. The van der Waals surface area contributed by atoms with Crippen LogP contribution in [0.15, 0.2) is 83.4 Å². The lowest BCUT2D eigenvalue weighted by Gasteiger charge is -2.40. The summed E-state index contributed by atoms with van der Waals surface area (Å²) in [5, 5.41) is 19.7. The van der Waals surface area contributed by atoms with Crippen LogP contribution in [0.3, 0.4) is 0 Å². The lowest BCUT2D eigenvalue weighted by atomic mass is 9.70. The zero-order valence-electron chi connectivity index (χ0n) is 18.3. The Morgan fingerprint density at radius 3 is 2.30 bits per heavy atom. The normalized spacial score (nSPS) is 19.4. The summed E-state index contributed by atoms with van der Waals surface area (Å²) in [7, 11) is 1.63.